The predicted molar refractivity (Wildman–Crippen MR) is 83.7 cm³/mol. The monoisotopic (exact) mass is 370 g/mol. The zero-order valence-electron chi connectivity index (χ0n) is 13.2. The van der Waals surface area contributed by atoms with Crippen molar-refractivity contribution in [3.05, 3.63) is 63.8 Å². The fraction of sp³-hybridized carbons (Fsp3) is 0.188. The number of hydrogen-bond acceptors (Lipinski definition) is 3. The standard InChI is InChI=1S/C16H11F5N4O/c1-7(9-3-5-10(6-4-9)16(19,20)21)25-14-11(12(24-25)13(17)18)15(26)23-8(2)22-14/h3-6,13H,1H2,2H3,(H,22,23,26). The van der Waals surface area contributed by atoms with E-state index in [4.69, 9.17) is 0 Å². The highest BCUT2D eigenvalue weighted by Crippen LogP contribution is 2.31. The van der Waals surface area contributed by atoms with Crippen LogP contribution in [0.2, 0.25) is 0 Å². The van der Waals surface area contributed by atoms with Gasteiger partial charge in [-0.15, -0.1) is 0 Å². The molecule has 10 heteroatoms. The molecule has 3 rings (SSSR count). The van der Waals surface area contributed by atoms with Crippen molar-refractivity contribution in [3.8, 4) is 0 Å². The Morgan fingerprint density at radius 3 is 2.38 bits per heavy atom. The molecule has 3 aromatic rings. The van der Waals surface area contributed by atoms with E-state index in [0.717, 1.165) is 28.9 Å². The Hall–Kier alpha value is -3.04. The molecule has 0 saturated heterocycles. The third kappa shape index (κ3) is 2.98. The molecule has 1 aromatic carbocycles. The maximum Gasteiger partial charge on any atom is 0.416 e. The second-order valence-corrected chi connectivity index (χ2v) is 5.47. The van der Waals surface area contributed by atoms with E-state index in [-0.39, 0.29) is 22.7 Å². The Labute approximate surface area is 142 Å². The van der Waals surface area contributed by atoms with Crippen LogP contribution in [0, 0.1) is 6.92 Å². The zero-order valence-corrected chi connectivity index (χ0v) is 13.2. The minimum atomic E-state index is -4.51. The van der Waals surface area contributed by atoms with E-state index in [2.05, 4.69) is 21.6 Å². The molecule has 0 spiro atoms. The summed E-state index contributed by atoms with van der Waals surface area (Å²) in [5.74, 6) is 0.171. The van der Waals surface area contributed by atoms with Crippen molar-refractivity contribution in [1.82, 2.24) is 19.7 Å². The number of alkyl halides is 5. The van der Waals surface area contributed by atoms with Crippen LogP contribution in [-0.4, -0.2) is 19.7 Å². The maximum absolute atomic E-state index is 13.2. The van der Waals surface area contributed by atoms with E-state index in [1.54, 1.807) is 0 Å². The second kappa shape index (κ2) is 6.04. The van der Waals surface area contributed by atoms with Gasteiger partial charge in [-0.05, 0) is 24.6 Å². The van der Waals surface area contributed by atoms with Gasteiger partial charge in [-0.3, -0.25) is 4.79 Å². The third-order valence-corrected chi connectivity index (χ3v) is 3.69. The average Bonchev–Trinajstić information content (AvgIpc) is 2.93. The third-order valence-electron chi connectivity index (χ3n) is 3.69. The molecule has 0 radical (unpaired) electrons. The van der Waals surface area contributed by atoms with E-state index >= 15 is 0 Å². The van der Waals surface area contributed by atoms with Gasteiger partial charge in [0, 0.05) is 0 Å². The second-order valence-electron chi connectivity index (χ2n) is 5.47. The van der Waals surface area contributed by atoms with Gasteiger partial charge in [-0.25, -0.2) is 18.4 Å². The van der Waals surface area contributed by atoms with Crippen LogP contribution in [0.4, 0.5) is 22.0 Å². The molecule has 0 fully saturated rings. The van der Waals surface area contributed by atoms with Crippen molar-refractivity contribution < 1.29 is 22.0 Å². The zero-order chi connectivity index (χ0) is 19.2. The van der Waals surface area contributed by atoms with Crippen LogP contribution in [0.1, 0.15) is 29.1 Å². The van der Waals surface area contributed by atoms with E-state index in [9.17, 15) is 26.7 Å². The molecule has 0 unspecified atom stereocenters. The van der Waals surface area contributed by atoms with Crippen LogP contribution in [0.25, 0.3) is 16.7 Å². The Bertz CT molecular complexity index is 1050. The lowest BCUT2D eigenvalue weighted by Crippen LogP contribution is -2.11. The molecule has 0 aliphatic carbocycles. The van der Waals surface area contributed by atoms with Crippen molar-refractivity contribution in [2.75, 3.05) is 0 Å². The summed E-state index contributed by atoms with van der Waals surface area (Å²) in [6.45, 7) is 5.15. The normalized spacial score (nSPS) is 12.1. The van der Waals surface area contributed by atoms with Gasteiger partial charge in [-0.2, -0.15) is 18.3 Å². The van der Waals surface area contributed by atoms with Gasteiger partial charge in [-0.1, -0.05) is 18.7 Å². The lowest BCUT2D eigenvalue weighted by Gasteiger charge is -2.10. The lowest BCUT2D eigenvalue weighted by molar-refractivity contribution is -0.137. The summed E-state index contributed by atoms with van der Waals surface area (Å²) >= 11 is 0. The molecule has 0 aliphatic rings. The van der Waals surface area contributed by atoms with Crippen molar-refractivity contribution in [3.63, 3.8) is 0 Å². The van der Waals surface area contributed by atoms with Crippen LogP contribution in [0.15, 0.2) is 35.6 Å². The Kier molecular flexibility index (Phi) is 4.13. The summed E-state index contributed by atoms with van der Waals surface area (Å²) in [5.41, 5.74) is -2.35. The minimum Gasteiger partial charge on any atom is -0.310 e. The van der Waals surface area contributed by atoms with Crippen LogP contribution in [-0.2, 0) is 6.18 Å². The molecule has 26 heavy (non-hydrogen) atoms. The lowest BCUT2D eigenvalue weighted by atomic mass is 10.1. The van der Waals surface area contributed by atoms with Crippen molar-refractivity contribution in [2.45, 2.75) is 19.5 Å². The number of H-pyrrole nitrogens is 1. The highest BCUT2D eigenvalue weighted by Gasteiger charge is 2.30. The van der Waals surface area contributed by atoms with Gasteiger partial charge in [0.15, 0.2) is 5.65 Å². The molecule has 2 heterocycles. The average molecular weight is 370 g/mol. The molecule has 136 valence electrons. The topological polar surface area (TPSA) is 63.6 Å². The van der Waals surface area contributed by atoms with Crippen molar-refractivity contribution in [1.29, 1.82) is 0 Å². The van der Waals surface area contributed by atoms with Gasteiger partial charge in [0.05, 0.1) is 11.3 Å². The number of aromatic nitrogens is 4. The van der Waals surface area contributed by atoms with Gasteiger partial charge < -0.3 is 4.98 Å². The number of benzene rings is 1. The molecule has 1 N–H and O–H groups in total. The smallest absolute Gasteiger partial charge is 0.310 e. The number of fused-ring (bicyclic) bond motifs is 1. The number of rotatable bonds is 3. The molecule has 0 aliphatic heterocycles. The fourth-order valence-corrected chi connectivity index (χ4v) is 2.48. The highest BCUT2D eigenvalue weighted by atomic mass is 19.4. The predicted octanol–water partition coefficient (Wildman–Crippen LogP) is 3.90. The van der Waals surface area contributed by atoms with E-state index in [1.807, 2.05) is 0 Å². The first-order chi connectivity index (χ1) is 12.1. The number of nitrogens with zero attached hydrogens (tertiary/aromatic N) is 3. The summed E-state index contributed by atoms with van der Waals surface area (Å²) in [7, 11) is 0. The minimum absolute atomic E-state index is 0.00752. The maximum atomic E-state index is 13.2. The number of aryl methyl sites for hydroxylation is 1. The summed E-state index contributed by atoms with van der Waals surface area (Å²) in [6.07, 6.45) is -7.54. The number of nitrogens with one attached hydrogen (secondary N) is 1. The Morgan fingerprint density at radius 1 is 1.23 bits per heavy atom. The largest absolute Gasteiger partial charge is 0.416 e. The summed E-state index contributed by atoms with van der Waals surface area (Å²) < 4.78 is 65.4. The van der Waals surface area contributed by atoms with Crippen LogP contribution >= 0.6 is 0 Å². The SMILES string of the molecule is C=C(c1ccc(C(F)(F)F)cc1)n1nc(C(F)F)c2c(=O)[nH]c(C)nc21. The van der Waals surface area contributed by atoms with E-state index in [0.29, 0.717) is 0 Å². The quantitative estimate of drug-likeness (QED) is 0.711. The number of aromatic amines is 1. The number of hydrogen-bond donors (Lipinski definition) is 1. The highest BCUT2D eigenvalue weighted by molar-refractivity contribution is 5.82. The molecular formula is C16H11F5N4O. The molecular weight excluding hydrogens is 359 g/mol. The van der Waals surface area contributed by atoms with Gasteiger partial charge in [0.1, 0.15) is 16.9 Å². The van der Waals surface area contributed by atoms with Crippen molar-refractivity contribution >= 4 is 16.7 Å². The molecule has 0 amide bonds. The first-order valence-electron chi connectivity index (χ1n) is 7.24. The molecule has 0 atom stereocenters. The molecule has 2 aromatic heterocycles. The molecule has 0 bridgehead atoms. The van der Waals surface area contributed by atoms with Gasteiger partial charge >= 0.3 is 6.18 Å². The first-order valence-corrected chi connectivity index (χ1v) is 7.24. The van der Waals surface area contributed by atoms with Crippen molar-refractivity contribution in [2.24, 2.45) is 0 Å². The van der Waals surface area contributed by atoms with E-state index < -0.39 is 34.8 Å². The summed E-state index contributed by atoms with van der Waals surface area (Å²) in [4.78, 5) is 18.3. The summed E-state index contributed by atoms with van der Waals surface area (Å²) in [5, 5.41) is 3.31. The van der Waals surface area contributed by atoms with E-state index in [1.165, 1.54) is 6.92 Å². The summed E-state index contributed by atoms with van der Waals surface area (Å²) in [6, 6.07) is 3.96. The Balaban J connectivity index is 2.16. The fourth-order valence-electron chi connectivity index (χ4n) is 2.48. The first kappa shape index (κ1) is 17.8. The molecule has 5 nitrogen and oxygen atoms in total. The Morgan fingerprint density at radius 2 is 1.85 bits per heavy atom. The van der Waals surface area contributed by atoms with Gasteiger partial charge in [0.25, 0.3) is 12.0 Å². The molecule has 0 saturated carbocycles. The van der Waals surface area contributed by atoms with Crippen LogP contribution in [0.5, 0.6) is 0 Å². The number of halogens is 5. The van der Waals surface area contributed by atoms with Gasteiger partial charge in [0.2, 0.25) is 0 Å². The van der Waals surface area contributed by atoms with Crippen LogP contribution < -0.4 is 5.56 Å². The van der Waals surface area contributed by atoms with Crippen LogP contribution in [0.3, 0.4) is 0 Å².